The van der Waals surface area contributed by atoms with Gasteiger partial charge in [0.2, 0.25) is 0 Å². The van der Waals surface area contributed by atoms with E-state index in [-0.39, 0.29) is 11.6 Å². The molecule has 6 nitrogen and oxygen atoms in total. The van der Waals surface area contributed by atoms with Crippen LogP contribution < -0.4 is 15.5 Å². The second-order valence-electron chi connectivity index (χ2n) is 9.72. The number of urea groups is 1. The molecule has 0 radical (unpaired) electrons. The van der Waals surface area contributed by atoms with Gasteiger partial charge in [-0.3, -0.25) is 4.79 Å². The van der Waals surface area contributed by atoms with Crippen LogP contribution in [-0.4, -0.2) is 36.5 Å². The number of nitrogens with one attached hydrogen (secondary N) is 2. The van der Waals surface area contributed by atoms with E-state index in [4.69, 9.17) is 0 Å². The van der Waals surface area contributed by atoms with Crippen LogP contribution in [0.1, 0.15) is 42.3 Å². The van der Waals surface area contributed by atoms with E-state index in [9.17, 15) is 14.0 Å². The first-order chi connectivity index (χ1) is 16.5. The van der Waals surface area contributed by atoms with Gasteiger partial charge in [0, 0.05) is 49.7 Å². The van der Waals surface area contributed by atoms with E-state index in [2.05, 4.69) is 10.6 Å². The van der Waals surface area contributed by atoms with Gasteiger partial charge in [0.05, 0.1) is 0 Å². The average molecular weight is 477 g/mol. The minimum Gasteiger partial charge on any atom is -0.377 e. The molecule has 184 valence electrons. The van der Waals surface area contributed by atoms with E-state index in [1.54, 1.807) is 17.0 Å². The fourth-order valence-corrected chi connectivity index (χ4v) is 3.67. The van der Waals surface area contributed by atoms with Crippen molar-refractivity contribution in [3.05, 3.63) is 95.3 Å². The molecule has 7 heteroatoms. The Kier molecular flexibility index (Phi) is 8.12. The molecular formula is C28H33FN4O2. The molecule has 0 aliphatic rings. The molecule has 0 unspecified atom stereocenters. The number of hydrogen-bond acceptors (Lipinski definition) is 3. The van der Waals surface area contributed by atoms with Crippen molar-refractivity contribution in [2.75, 3.05) is 24.3 Å². The number of benzene rings is 3. The second kappa shape index (κ2) is 11.0. The van der Waals surface area contributed by atoms with Gasteiger partial charge < -0.3 is 20.4 Å². The van der Waals surface area contributed by atoms with Gasteiger partial charge >= 0.3 is 6.03 Å². The van der Waals surface area contributed by atoms with Crippen LogP contribution in [0.5, 0.6) is 0 Å². The fraction of sp³-hybridized carbons (Fsp3) is 0.286. The van der Waals surface area contributed by atoms with Crippen LogP contribution in [0.15, 0.2) is 72.8 Å². The molecular weight excluding hydrogens is 443 g/mol. The minimum absolute atomic E-state index is 0.180. The van der Waals surface area contributed by atoms with Gasteiger partial charge in [-0.2, -0.15) is 0 Å². The van der Waals surface area contributed by atoms with E-state index >= 15 is 0 Å². The molecule has 0 heterocycles. The fourth-order valence-electron chi connectivity index (χ4n) is 3.67. The Morgan fingerprint density at radius 2 is 1.60 bits per heavy atom. The standard InChI is InChI=1S/C28H33FN4O2/c1-28(2,3)31-27(35)33(18-20-10-7-6-8-11-20)19-22-17-24(14-15-25(22)32(4)5)30-26(34)21-12-9-13-23(29)16-21/h6-17H,18-19H2,1-5H3,(H,30,34)(H,31,35). The van der Waals surface area contributed by atoms with E-state index in [0.717, 1.165) is 16.8 Å². The first kappa shape index (κ1) is 25.7. The highest BCUT2D eigenvalue weighted by Gasteiger charge is 2.22. The summed E-state index contributed by atoms with van der Waals surface area (Å²) in [6, 6.07) is 20.7. The third-order valence-corrected chi connectivity index (χ3v) is 5.25. The molecule has 3 aromatic carbocycles. The summed E-state index contributed by atoms with van der Waals surface area (Å²) in [5, 5.41) is 5.89. The van der Waals surface area contributed by atoms with Gasteiger partial charge in [-0.05, 0) is 68.3 Å². The zero-order chi connectivity index (χ0) is 25.6. The van der Waals surface area contributed by atoms with Gasteiger partial charge in [-0.25, -0.2) is 9.18 Å². The predicted molar refractivity (Wildman–Crippen MR) is 139 cm³/mol. The van der Waals surface area contributed by atoms with Crippen LogP contribution in [0, 0.1) is 5.82 Å². The van der Waals surface area contributed by atoms with Gasteiger partial charge in [0.15, 0.2) is 0 Å². The molecule has 0 spiro atoms. The van der Waals surface area contributed by atoms with Crippen molar-refractivity contribution in [2.24, 2.45) is 0 Å². The minimum atomic E-state index is -0.470. The lowest BCUT2D eigenvalue weighted by atomic mass is 10.1. The summed E-state index contributed by atoms with van der Waals surface area (Å²) in [6.45, 7) is 6.59. The van der Waals surface area contributed by atoms with Crippen LogP contribution in [0.4, 0.5) is 20.6 Å². The quantitative estimate of drug-likeness (QED) is 0.463. The maximum absolute atomic E-state index is 13.6. The van der Waals surface area contributed by atoms with Crippen molar-refractivity contribution >= 4 is 23.3 Å². The molecule has 3 amide bonds. The Morgan fingerprint density at radius 3 is 2.23 bits per heavy atom. The number of anilines is 2. The van der Waals surface area contributed by atoms with Crippen molar-refractivity contribution in [1.82, 2.24) is 10.2 Å². The summed E-state index contributed by atoms with van der Waals surface area (Å²) in [5.41, 5.74) is 3.21. The zero-order valence-corrected chi connectivity index (χ0v) is 20.9. The van der Waals surface area contributed by atoms with Gasteiger partial charge in [-0.1, -0.05) is 36.4 Å². The molecule has 0 aromatic heterocycles. The third kappa shape index (κ3) is 7.57. The van der Waals surface area contributed by atoms with E-state index in [0.29, 0.717) is 18.8 Å². The highest BCUT2D eigenvalue weighted by molar-refractivity contribution is 6.04. The summed E-state index contributed by atoms with van der Waals surface area (Å²) < 4.78 is 13.6. The average Bonchev–Trinajstić information content (AvgIpc) is 2.78. The number of halogens is 1. The molecule has 0 bridgehead atoms. The molecule has 0 saturated carbocycles. The topological polar surface area (TPSA) is 64.7 Å². The molecule has 3 rings (SSSR count). The first-order valence-corrected chi connectivity index (χ1v) is 11.5. The lowest BCUT2D eigenvalue weighted by Crippen LogP contribution is -2.48. The van der Waals surface area contributed by atoms with Crippen molar-refractivity contribution in [1.29, 1.82) is 0 Å². The number of carbonyl (C=O) groups excluding carboxylic acids is 2. The monoisotopic (exact) mass is 476 g/mol. The summed E-state index contributed by atoms with van der Waals surface area (Å²) >= 11 is 0. The summed E-state index contributed by atoms with van der Waals surface area (Å²) in [7, 11) is 3.86. The number of amides is 3. The highest BCUT2D eigenvalue weighted by Crippen LogP contribution is 2.26. The normalized spacial score (nSPS) is 11.0. The van der Waals surface area contributed by atoms with Gasteiger partial charge in [0.1, 0.15) is 5.82 Å². The number of nitrogens with zero attached hydrogens (tertiary/aromatic N) is 2. The smallest absolute Gasteiger partial charge is 0.318 e. The molecule has 2 N–H and O–H groups in total. The van der Waals surface area contributed by atoms with E-state index < -0.39 is 17.3 Å². The number of rotatable bonds is 7. The van der Waals surface area contributed by atoms with Crippen LogP contribution >= 0.6 is 0 Å². The Labute approximate surface area is 206 Å². The van der Waals surface area contributed by atoms with Crippen molar-refractivity contribution in [3.63, 3.8) is 0 Å². The van der Waals surface area contributed by atoms with Crippen molar-refractivity contribution in [3.8, 4) is 0 Å². The third-order valence-electron chi connectivity index (χ3n) is 5.25. The summed E-state index contributed by atoms with van der Waals surface area (Å²) in [4.78, 5) is 29.6. The second-order valence-corrected chi connectivity index (χ2v) is 9.72. The lowest BCUT2D eigenvalue weighted by Gasteiger charge is -2.30. The van der Waals surface area contributed by atoms with Crippen molar-refractivity contribution in [2.45, 2.75) is 39.4 Å². The van der Waals surface area contributed by atoms with Crippen molar-refractivity contribution < 1.29 is 14.0 Å². The zero-order valence-electron chi connectivity index (χ0n) is 20.9. The van der Waals surface area contributed by atoms with E-state index in [1.165, 1.54) is 18.2 Å². The van der Waals surface area contributed by atoms with Gasteiger partial charge in [-0.15, -0.1) is 0 Å². The molecule has 3 aromatic rings. The maximum Gasteiger partial charge on any atom is 0.318 e. The molecule has 0 aliphatic carbocycles. The summed E-state index contributed by atoms with van der Waals surface area (Å²) in [6.07, 6.45) is 0. The SMILES string of the molecule is CN(C)c1ccc(NC(=O)c2cccc(F)c2)cc1CN(Cc1ccccc1)C(=O)NC(C)(C)C. The molecule has 0 fully saturated rings. The van der Waals surface area contributed by atoms with Crippen LogP contribution in [-0.2, 0) is 13.1 Å². The largest absolute Gasteiger partial charge is 0.377 e. The maximum atomic E-state index is 13.6. The summed E-state index contributed by atoms with van der Waals surface area (Å²) in [5.74, 6) is -0.873. The Bertz CT molecular complexity index is 1170. The van der Waals surface area contributed by atoms with Gasteiger partial charge in [0.25, 0.3) is 5.91 Å². The Morgan fingerprint density at radius 1 is 0.886 bits per heavy atom. The Balaban J connectivity index is 1.90. The van der Waals surface area contributed by atoms with Crippen LogP contribution in [0.3, 0.4) is 0 Å². The molecule has 0 saturated heterocycles. The number of hydrogen-bond donors (Lipinski definition) is 2. The highest BCUT2D eigenvalue weighted by atomic mass is 19.1. The Hall–Kier alpha value is -3.87. The predicted octanol–water partition coefficient (Wildman–Crippen LogP) is 5.65. The van der Waals surface area contributed by atoms with Crippen LogP contribution in [0.25, 0.3) is 0 Å². The van der Waals surface area contributed by atoms with E-state index in [1.807, 2.05) is 82.2 Å². The lowest BCUT2D eigenvalue weighted by molar-refractivity contribution is 0.102. The number of carbonyl (C=O) groups is 2. The molecule has 0 atom stereocenters. The molecule has 0 aliphatic heterocycles. The first-order valence-electron chi connectivity index (χ1n) is 11.5. The van der Waals surface area contributed by atoms with Crippen LogP contribution in [0.2, 0.25) is 0 Å². The molecule has 35 heavy (non-hydrogen) atoms.